The smallest absolute Gasteiger partial charge is 0.233 e. The molecule has 1 heterocycles. The number of carbonyl (C=O) groups is 1. The van der Waals surface area contributed by atoms with E-state index in [-0.39, 0.29) is 11.2 Å². The predicted molar refractivity (Wildman–Crippen MR) is 96.2 cm³/mol. The van der Waals surface area contributed by atoms with E-state index in [0.717, 1.165) is 23.9 Å². The van der Waals surface area contributed by atoms with E-state index in [9.17, 15) is 4.79 Å². The van der Waals surface area contributed by atoms with Gasteiger partial charge in [0.25, 0.3) is 0 Å². The summed E-state index contributed by atoms with van der Waals surface area (Å²) in [5, 5.41) is 12.4. The minimum absolute atomic E-state index is 0.0593. The van der Waals surface area contributed by atoms with Crippen LogP contribution in [-0.4, -0.2) is 32.5 Å². The van der Waals surface area contributed by atoms with Crippen molar-refractivity contribution in [2.24, 2.45) is 0 Å². The number of rotatable bonds is 8. The van der Waals surface area contributed by atoms with E-state index in [4.69, 9.17) is 0 Å². The highest BCUT2D eigenvalue weighted by Gasteiger charge is 2.31. The van der Waals surface area contributed by atoms with E-state index >= 15 is 0 Å². The fourth-order valence-corrected chi connectivity index (χ4v) is 3.43. The minimum Gasteiger partial charge on any atom is -0.355 e. The Morgan fingerprint density at radius 1 is 1.33 bits per heavy atom. The van der Waals surface area contributed by atoms with E-state index < -0.39 is 0 Å². The summed E-state index contributed by atoms with van der Waals surface area (Å²) < 4.78 is 2.18. The van der Waals surface area contributed by atoms with E-state index in [1.165, 1.54) is 30.2 Å². The van der Waals surface area contributed by atoms with Gasteiger partial charge in [0.1, 0.15) is 5.82 Å². The second kappa shape index (κ2) is 7.83. The first-order valence-corrected chi connectivity index (χ1v) is 9.48. The number of aromatic nitrogens is 3. The van der Waals surface area contributed by atoms with Crippen LogP contribution in [0.25, 0.3) is 0 Å². The van der Waals surface area contributed by atoms with Gasteiger partial charge in [-0.15, -0.1) is 10.2 Å². The van der Waals surface area contributed by atoms with Crippen LogP contribution in [0.3, 0.4) is 0 Å². The highest BCUT2D eigenvalue weighted by molar-refractivity contribution is 8.00. The molecule has 1 saturated carbocycles. The lowest BCUT2D eigenvalue weighted by Gasteiger charge is -2.13. The zero-order chi connectivity index (χ0) is 16.9. The normalized spacial score (nSPS) is 15.2. The van der Waals surface area contributed by atoms with E-state index in [0.29, 0.717) is 12.5 Å². The van der Waals surface area contributed by atoms with Gasteiger partial charge in [0.05, 0.1) is 11.8 Å². The molecule has 1 amide bonds. The molecule has 0 radical (unpaired) electrons. The highest BCUT2D eigenvalue weighted by Crippen LogP contribution is 2.40. The van der Waals surface area contributed by atoms with Crippen molar-refractivity contribution in [1.29, 1.82) is 0 Å². The van der Waals surface area contributed by atoms with Crippen LogP contribution in [0.1, 0.15) is 50.4 Å². The Balaban J connectivity index is 1.76. The van der Waals surface area contributed by atoms with Crippen LogP contribution in [0.4, 0.5) is 0 Å². The molecule has 6 heteroatoms. The number of benzene rings is 1. The van der Waals surface area contributed by atoms with Crippen LogP contribution < -0.4 is 5.32 Å². The first-order chi connectivity index (χ1) is 11.7. The summed E-state index contributed by atoms with van der Waals surface area (Å²) in [6, 6.07) is 10.3. The van der Waals surface area contributed by atoms with Crippen LogP contribution >= 0.6 is 11.8 Å². The van der Waals surface area contributed by atoms with Gasteiger partial charge in [-0.25, -0.2) is 0 Å². The van der Waals surface area contributed by atoms with Gasteiger partial charge in [-0.2, -0.15) is 0 Å². The zero-order valence-corrected chi connectivity index (χ0v) is 15.1. The quantitative estimate of drug-likeness (QED) is 0.747. The average Bonchev–Trinajstić information content (AvgIpc) is 3.37. The number of thioether (sulfide) groups is 1. The zero-order valence-electron chi connectivity index (χ0n) is 14.2. The molecule has 128 valence electrons. The van der Waals surface area contributed by atoms with Crippen molar-refractivity contribution in [2.45, 2.75) is 56.0 Å². The molecule has 2 aromatic rings. The third-order valence-corrected chi connectivity index (χ3v) is 5.15. The minimum atomic E-state index is -0.178. The van der Waals surface area contributed by atoms with Gasteiger partial charge < -0.3 is 9.88 Å². The first kappa shape index (κ1) is 17.0. The molecule has 0 aliphatic heterocycles. The Hall–Kier alpha value is -1.82. The van der Waals surface area contributed by atoms with Gasteiger partial charge in [0.15, 0.2) is 5.16 Å². The molecule has 1 aromatic heterocycles. The summed E-state index contributed by atoms with van der Waals surface area (Å²) in [5.41, 5.74) is 1.23. The maximum Gasteiger partial charge on any atom is 0.233 e. The van der Waals surface area contributed by atoms with Crippen molar-refractivity contribution in [2.75, 3.05) is 6.54 Å². The number of carbonyl (C=O) groups excluding carboxylic acids is 1. The fourth-order valence-electron chi connectivity index (χ4n) is 2.55. The van der Waals surface area contributed by atoms with Crippen molar-refractivity contribution >= 4 is 17.7 Å². The standard InChI is InChI=1S/C18H24N4OS/c1-3-11-19-17(23)13(2)24-18-21-20-16(15-9-10-15)22(18)12-14-7-5-4-6-8-14/h4-8,13,15H,3,9-12H2,1-2H3,(H,19,23)/t13-/m1/s1. The summed E-state index contributed by atoms with van der Waals surface area (Å²) in [5.74, 6) is 1.64. The largest absolute Gasteiger partial charge is 0.355 e. The Kier molecular flexibility index (Phi) is 5.56. The van der Waals surface area contributed by atoms with Gasteiger partial charge in [-0.05, 0) is 31.7 Å². The molecule has 3 rings (SSSR count). The number of hydrogen-bond acceptors (Lipinski definition) is 4. The molecule has 1 aliphatic rings. The maximum absolute atomic E-state index is 12.1. The summed E-state index contributed by atoms with van der Waals surface area (Å²) in [6.07, 6.45) is 3.31. The van der Waals surface area contributed by atoms with Crippen molar-refractivity contribution in [3.63, 3.8) is 0 Å². The Bertz CT molecular complexity index is 682. The molecule has 0 bridgehead atoms. The molecule has 1 aliphatic carbocycles. The monoisotopic (exact) mass is 344 g/mol. The maximum atomic E-state index is 12.1. The molecule has 0 saturated heterocycles. The molecule has 24 heavy (non-hydrogen) atoms. The number of nitrogens with zero attached hydrogens (tertiary/aromatic N) is 3. The van der Waals surface area contributed by atoms with E-state index in [1.807, 2.05) is 25.1 Å². The van der Waals surface area contributed by atoms with Crippen molar-refractivity contribution < 1.29 is 4.79 Å². The summed E-state index contributed by atoms with van der Waals surface area (Å²) in [7, 11) is 0. The van der Waals surface area contributed by atoms with Crippen molar-refractivity contribution in [3.8, 4) is 0 Å². The lowest BCUT2D eigenvalue weighted by molar-refractivity contribution is -0.120. The number of nitrogens with one attached hydrogen (secondary N) is 1. The molecule has 1 aromatic carbocycles. The van der Waals surface area contributed by atoms with E-state index in [1.54, 1.807) is 0 Å². The van der Waals surface area contributed by atoms with Crippen LogP contribution in [-0.2, 0) is 11.3 Å². The molecule has 5 nitrogen and oxygen atoms in total. The molecule has 1 atom stereocenters. The van der Waals surface area contributed by atoms with Gasteiger partial charge in [0.2, 0.25) is 5.91 Å². The third kappa shape index (κ3) is 4.17. The van der Waals surface area contributed by atoms with Crippen LogP contribution in [0.5, 0.6) is 0 Å². The Labute approximate surface area is 147 Å². The third-order valence-electron chi connectivity index (χ3n) is 4.07. The lowest BCUT2D eigenvalue weighted by atomic mass is 10.2. The fraction of sp³-hybridized carbons (Fsp3) is 0.500. The molecule has 1 N–H and O–H groups in total. The Morgan fingerprint density at radius 2 is 2.08 bits per heavy atom. The van der Waals surface area contributed by atoms with Crippen LogP contribution in [0.15, 0.2) is 35.5 Å². The molecular weight excluding hydrogens is 320 g/mol. The van der Waals surface area contributed by atoms with Gasteiger partial charge in [0, 0.05) is 12.5 Å². The SMILES string of the molecule is CCCNC(=O)[C@@H](C)Sc1nnc(C2CC2)n1Cc1ccccc1. The predicted octanol–water partition coefficient (Wildman–Crippen LogP) is 3.21. The molecule has 0 unspecified atom stereocenters. The average molecular weight is 344 g/mol. The molecule has 1 fully saturated rings. The number of hydrogen-bond donors (Lipinski definition) is 1. The van der Waals surface area contributed by atoms with E-state index in [2.05, 4.69) is 39.1 Å². The topological polar surface area (TPSA) is 59.8 Å². The first-order valence-electron chi connectivity index (χ1n) is 8.60. The van der Waals surface area contributed by atoms with Gasteiger partial charge in [-0.1, -0.05) is 49.0 Å². The van der Waals surface area contributed by atoms with Crippen molar-refractivity contribution in [1.82, 2.24) is 20.1 Å². The van der Waals surface area contributed by atoms with Crippen LogP contribution in [0.2, 0.25) is 0 Å². The lowest BCUT2D eigenvalue weighted by Crippen LogP contribution is -2.31. The summed E-state index contributed by atoms with van der Waals surface area (Å²) in [6.45, 7) is 5.45. The van der Waals surface area contributed by atoms with Gasteiger partial charge >= 0.3 is 0 Å². The highest BCUT2D eigenvalue weighted by atomic mass is 32.2. The summed E-state index contributed by atoms with van der Waals surface area (Å²) >= 11 is 1.49. The van der Waals surface area contributed by atoms with Crippen molar-refractivity contribution in [3.05, 3.63) is 41.7 Å². The molecule has 0 spiro atoms. The Morgan fingerprint density at radius 3 is 2.75 bits per heavy atom. The number of amides is 1. The second-order valence-corrected chi connectivity index (χ2v) is 7.55. The molecular formula is C18H24N4OS. The summed E-state index contributed by atoms with van der Waals surface area (Å²) in [4.78, 5) is 12.1. The van der Waals surface area contributed by atoms with Gasteiger partial charge in [-0.3, -0.25) is 4.79 Å². The second-order valence-electron chi connectivity index (χ2n) is 6.24. The van der Waals surface area contributed by atoms with Crippen LogP contribution in [0, 0.1) is 0 Å².